The molecule has 2 unspecified atom stereocenters. The third kappa shape index (κ3) is 1.62. The molecule has 1 aliphatic carbocycles. The fourth-order valence-corrected chi connectivity index (χ4v) is 5.40. The molecule has 1 aliphatic rings. The predicted octanol–water partition coefficient (Wildman–Crippen LogP) is 2.58. The lowest BCUT2D eigenvalue weighted by atomic mass is 9.98. The van der Waals surface area contributed by atoms with Gasteiger partial charge in [-0.1, -0.05) is 0 Å². The van der Waals surface area contributed by atoms with Crippen molar-refractivity contribution in [3.05, 3.63) is 0 Å². The lowest BCUT2D eigenvalue weighted by molar-refractivity contribution is 0.561. The highest BCUT2D eigenvalue weighted by Crippen LogP contribution is 2.43. The van der Waals surface area contributed by atoms with Crippen LogP contribution in [0.3, 0.4) is 0 Å². The van der Waals surface area contributed by atoms with Crippen LogP contribution in [0.2, 0.25) is 0 Å². The van der Waals surface area contributed by atoms with Gasteiger partial charge in [0.2, 0.25) is 0 Å². The normalized spacial score (nSPS) is 39.3. The maximum absolute atomic E-state index is 2.23. The summed E-state index contributed by atoms with van der Waals surface area (Å²) in [7, 11) is 0. The molecule has 0 saturated heterocycles. The van der Waals surface area contributed by atoms with E-state index in [1.807, 2.05) is 35.3 Å². The van der Waals surface area contributed by atoms with Gasteiger partial charge in [0.1, 0.15) is 0 Å². The topological polar surface area (TPSA) is 0 Å². The fourth-order valence-electron chi connectivity index (χ4n) is 1.31. The largest absolute Gasteiger partial charge is 0.161 e. The van der Waals surface area contributed by atoms with Crippen LogP contribution in [-0.4, -0.2) is 34.5 Å². The van der Waals surface area contributed by atoms with Crippen molar-refractivity contribution in [3.63, 3.8) is 0 Å². The third-order valence-corrected chi connectivity index (χ3v) is 5.80. The van der Waals surface area contributed by atoms with E-state index in [2.05, 4.69) is 18.8 Å². The number of rotatable bonds is 3. The van der Waals surface area contributed by atoms with Crippen LogP contribution in [-0.2, 0) is 0 Å². The van der Waals surface area contributed by atoms with Crippen molar-refractivity contribution >= 4 is 35.3 Å². The third-order valence-electron chi connectivity index (χ3n) is 2.08. The minimum atomic E-state index is 0.921. The van der Waals surface area contributed by atoms with Crippen LogP contribution in [0.1, 0.15) is 6.42 Å². The summed E-state index contributed by atoms with van der Waals surface area (Å²) in [4.78, 5) is 0. The smallest absolute Gasteiger partial charge is 0.0283 e. The summed E-state index contributed by atoms with van der Waals surface area (Å²) in [6, 6.07) is 0. The highest BCUT2D eigenvalue weighted by atomic mass is 32.2. The molecule has 3 heteroatoms. The van der Waals surface area contributed by atoms with Gasteiger partial charge in [0, 0.05) is 15.7 Å². The van der Waals surface area contributed by atoms with Crippen LogP contribution < -0.4 is 0 Å². The van der Waals surface area contributed by atoms with Crippen molar-refractivity contribution in [1.82, 2.24) is 0 Å². The van der Waals surface area contributed by atoms with Gasteiger partial charge in [0.05, 0.1) is 0 Å². The van der Waals surface area contributed by atoms with Gasteiger partial charge in [0.15, 0.2) is 0 Å². The molecular weight excluding hydrogens is 180 g/mol. The van der Waals surface area contributed by atoms with E-state index in [9.17, 15) is 0 Å². The van der Waals surface area contributed by atoms with Gasteiger partial charge in [0.25, 0.3) is 0 Å². The van der Waals surface area contributed by atoms with E-state index in [0.717, 1.165) is 15.7 Å². The van der Waals surface area contributed by atoms with Crippen LogP contribution in [0.15, 0.2) is 0 Å². The van der Waals surface area contributed by atoms with Gasteiger partial charge < -0.3 is 0 Å². The Morgan fingerprint density at radius 3 is 1.70 bits per heavy atom. The summed E-state index contributed by atoms with van der Waals surface area (Å²) in [6.45, 7) is 0. The van der Waals surface area contributed by atoms with E-state index < -0.39 is 0 Å². The van der Waals surface area contributed by atoms with Gasteiger partial charge >= 0.3 is 0 Å². The van der Waals surface area contributed by atoms with Crippen molar-refractivity contribution in [2.75, 3.05) is 18.8 Å². The Bertz CT molecular complexity index is 95.0. The monoisotopic (exact) mass is 194 g/mol. The Balaban J connectivity index is 2.30. The van der Waals surface area contributed by atoms with Crippen molar-refractivity contribution in [3.8, 4) is 0 Å². The molecule has 0 heterocycles. The van der Waals surface area contributed by atoms with Crippen LogP contribution in [0.5, 0.6) is 0 Å². The predicted molar refractivity (Wildman–Crippen MR) is 56.5 cm³/mol. The average Bonchev–Trinajstić information content (AvgIpc) is 1.89. The molecule has 1 fully saturated rings. The summed E-state index contributed by atoms with van der Waals surface area (Å²) in [5.74, 6) is 0. The lowest BCUT2D eigenvalue weighted by Gasteiger charge is -2.41. The van der Waals surface area contributed by atoms with E-state index in [1.165, 1.54) is 6.42 Å². The second-order valence-electron chi connectivity index (χ2n) is 2.48. The molecule has 0 amide bonds. The molecule has 0 aromatic carbocycles. The average molecular weight is 194 g/mol. The molecule has 0 aromatic rings. The standard InChI is InChI=1S/C7H14S3/c1-8-5-4-6(9-2)7(5)10-3/h5-7H,4H2,1-3H3. The van der Waals surface area contributed by atoms with Gasteiger partial charge in [-0.2, -0.15) is 35.3 Å². The van der Waals surface area contributed by atoms with E-state index in [0.29, 0.717) is 0 Å². The summed E-state index contributed by atoms with van der Waals surface area (Å²) in [5, 5.41) is 2.80. The molecule has 0 aromatic heterocycles. The van der Waals surface area contributed by atoms with E-state index in [1.54, 1.807) is 0 Å². The molecule has 1 saturated carbocycles. The fraction of sp³-hybridized carbons (Fsp3) is 1.00. The van der Waals surface area contributed by atoms with Crippen molar-refractivity contribution < 1.29 is 0 Å². The second kappa shape index (κ2) is 4.17. The minimum Gasteiger partial charge on any atom is -0.161 e. The summed E-state index contributed by atoms with van der Waals surface area (Å²) in [6.07, 6.45) is 8.11. The van der Waals surface area contributed by atoms with Crippen LogP contribution >= 0.6 is 35.3 Å². The Kier molecular flexibility index (Phi) is 3.81. The quantitative estimate of drug-likeness (QED) is 0.678. The lowest BCUT2D eigenvalue weighted by Crippen LogP contribution is -2.44. The van der Waals surface area contributed by atoms with E-state index in [-0.39, 0.29) is 0 Å². The summed E-state index contributed by atoms with van der Waals surface area (Å²) < 4.78 is 0. The Hall–Kier alpha value is 1.05. The molecule has 1 rings (SSSR count). The van der Waals surface area contributed by atoms with Gasteiger partial charge in [-0.15, -0.1) is 0 Å². The van der Waals surface area contributed by atoms with Crippen LogP contribution in [0.4, 0.5) is 0 Å². The zero-order valence-corrected chi connectivity index (χ0v) is 9.11. The number of thioether (sulfide) groups is 3. The molecule has 0 bridgehead atoms. The first-order chi connectivity index (χ1) is 4.83. The number of hydrogen-bond acceptors (Lipinski definition) is 3. The number of hydrogen-bond donors (Lipinski definition) is 0. The molecule has 60 valence electrons. The molecule has 0 spiro atoms. The van der Waals surface area contributed by atoms with Crippen molar-refractivity contribution in [2.24, 2.45) is 0 Å². The van der Waals surface area contributed by atoms with Crippen molar-refractivity contribution in [2.45, 2.75) is 22.2 Å². The Morgan fingerprint density at radius 1 is 0.900 bits per heavy atom. The van der Waals surface area contributed by atoms with Gasteiger partial charge in [-0.05, 0) is 25.2 Å². The molecule has 10 heavy (non-hydrogen) atoms. The first-order valence-corrected chi connectivity index (χ1v) is 7.28. The summed E-state index contributed by atoms with van der Waals surface area (Å²) >= 11 is 6.09. The SMILES string of the molecule is CSC1CC(SC)C1SC. The molecule has 0 radical (unpaired) electrons. The van der Waals surface area contributed by atoms with Crippen LogP contribution in [0.25, 0.3) is 0 Å². The molecule has 0 nitrogen and oxygen atoms in total. The maximum atomic E-state index is 2.23. The van der Waals surface area contributed by atoms with Crippen molar-refractivity contribution in [1.29, 1.82) is 0 Å². The molecule has 0 aliphatic heterocycles. The molecule has 0 N–H and O–H groups in total. The Labute approximate surface area is 76.3 Å². The zero-order chi connectivity index (χ0) is 7.56. The first-order valence-electron chi connectivity index (χ1n) is 3.42. The molecule has 2 atom stereocenters. The first kappa shape index (κ1) is 9.14. The second-order valence-corrected chi connectivity index (χ2v) is 5.65. The Morgan fingerprint density at radius 2 is 1.40 bits per heavy atom. The highest BCUT2D eigenvalue weighted by molar-refractivity contribution is 8.05. The van der Waals surface area contributed by atoms with Gasteiger partial charge in [-0.25, -0.2) is 0 Å². The minimum absolute atomic E-state index is 0.921. The van der Waals surface area contributed by atoms with Gasteiger partial charge in [-0.3, -0.25) is 0 Å². The highest BCUT2D eigenvalue weighted by Gasteiger charge is 2.39. The van der Waals surface area contributed by atoms with E-state index in [4.69, 9.17) is 0 Å². The maximum Gasteiger partial charge on any atom is 0.0283 e. The van der Waals surface area contributed by atoms with Crippen LogP contribution in [0, 0.1) is 0 Å². The molecular formula is C7H14S3. The zero-order valence-electron chi connectivity index (χ0n) is 6.66. The summed E-state index contributed by atoms with van der Waals surface area (Å²) in [5.41, 5.74) is 0. The van der Waals surface area contributed by atoms with E-state index >= 15 is 0 Å².